The second kappa shape index (κ2) is 5.83. The molecule has 18 heavy (non-hydrogen) atoms. The molecule has 0 unspecified atom stereocenters. The smallest absolute Gasteiger partial charge is 0.370 e. The number of hydrogen-bond acceptors (Lipinski definition) is 1. The highest BCUT2D eigenvalue weighted by Crippen LogP contribution is 2.53. The summed E-state index contributed by atoms with van der Waals surface area (Å²) < 4.78 is 38.4. The first-order valence-electron chi connectivity index (χ1n) is 5.71. The van der Waals surface area contributed by atoms with Crippen molar-refractivity contribution >= 4 is 29.9 Å². The first-order valence-corrected chi connectivity index (χ1v) is 5.71. The molecule has 0 amide bonds. The normalized spacial score (nSPS) is 19.8. The minimum absolute atomic E-state index is 0. The lowest BCUT2D eigenvalue weighted by atomic mass is 9.68. The molecular weight excluding hydrogens is 358 g/mol. The quantitative estimate of drug-likeness (QED) is 0.440. The molecule has 3 nitrogen and oxygen atoms in total. The van der Waals surface area contributed by atoms with Crippen molar-refractivity contribution in [2.75, 3.05) is 6.54 Å². The lowest BCUT2D eigenvalue weighted by molar-refractivity contribution is -0.245. The van der Waals surface area contributed by atoms with E-state index in [-0.39, 0.29) is 54.9 Å². The second-order valence-corrected chi connectivity index (χ2v) is 5.71. The van der Waals surface area contributed by atoms with Crippen molar-refractivity contribution in [1.82, 2.24) is 5.32 Å². The van der Waals surface area contributed by atoms with E-state index in [1.165, 1.54) is 0 Å². The zero-order valence-corrected chi connectivity index (χ0v) is 13.2. The number of halogens is 4. The maximum atomic E-state index is 12.8. The maximum absolute atomic E-state index is 12.8. The lowest BCUT2D eigenvalue weighted by Gasteiger charge is -2.42. The van der Waals surface area contributed by atoms with E-state index in [0.717, 1.165) is 0 Å². The summed E-state index contributed by atoms with van der Waals surface area (Å²) in [6.07, 6.45) is -3.26. The van der Waals surface area contributed by atoms with Gasteiger partial charge in [-0.05, 0) is 33.6 Å². The Labute approximate surface area is 123 Å². The maximum Gasteiger partial charge on any atom is 0.396 e. The molecule has 0 saturated heterocycles. The highest BCUT2D eigenvalue weighted by atomic mass is 127. The third-order valence-electron chi connectivity index (χ3n) is 2.97. The van der Waals surface area contributed by atoms with Crippen LogP contribution >= 0.6 is 24.0 Å². The molecule has 0 aromatic heterocycles. The van der Waals surface area contributed by atoms with Crippen LogP contribution in [0, 0.1) is 5.41 Å². The molecule has 7 heteroatoms. The molecule has 1 aliphatic rings. The van der Waals surface area contributed by atoms with E-state index in [1.54, 1.807) is 0 Å². The third kappa shape index (κ3) is 4.47. The SMILES string of the molecule is CC(C)(C)NC(N)=NCC1(C(F)(F)F)CCC1.I. The number of nitrogens with one attached hydrogen (secondary N) is 1. The summed E-state index contributed by atoms with van der Waals surface area (Å²) in [6.45, 7) is 5.35. The average molecular weight is 379 g/mol. The van der Waals surface area contributed by atoms with E-state index in [2.05, 4.69) is 10.3 Å². The van der Waals surface area contributed by atoms with Crippen LogP contribution < -0.4 is 11.1 Å². The monoisotopic (exact) mass is 379 g/mol. The molecule has 1 saturated carbocycles. The molecular formula is C11H21F3IN3. The van der Waals surface area contributed by atoms with E-state index >= 15 is 0 Å². The predicted octanol–water partition coefficient (Wildman–Crippen LogP) is 3.04. The number of rotatable bonds is 2. The van der Waals surface area contributed by atoms with Crippen LogP contribution in [-0.2, 0) is 0 Å². The molecule has 0 heterocycles. The van der Waals surface area contributed by atoms with E-state index in [1.807, 2.05) is 20.8 Å². The molecule has 1 rings (SSSR count). The van der Waals surface area contributed by atoms with Crippen LogP contribution in [0.2, 0.25) is 0 Å². The Balaban J connectivity index is 0.00000289. The Morgan fingerprint density at radius 1 is 1.28 bits per heavy atom. The summed E-state index contributed by atoms with van der Waals surface area (Å²) in [5.41, 5.74) is 3.63. The van der Waals surface area contributed by atoms with E-state index in [0.29, 0.717) is 6.42 Å². The summed E-state index contributed by atoms with van der Waals surface area (Å²) in [6, 6.07) is 0. The van der Waals surface area contributed by atoms with Crippen LogP contribution in [0.1, 0.15) is 40.0 Å². The third-order valence-corrected chi connectivity index (χ3v) is 2.97. The van der Waals surface area contributed by atoms with Gasteiger partial charge in [0, 0.05) is 5.54 Å². The Kier molecular flexibility index (Phi) is 5.76. The van der Waals surface area contributed by atoms with Gasteiger partial charge in [-0.25, -0.2) is 0 Å². The molecule has 0 aromatic carbocycles. The van der Waals surface area contributed by atoms with Gasteiger partial charge in [0.1, 0.15) is 0 Å². The van der Waals surface area contributed by atoms with Crippen LogP contribution in [0.25, 0.3) is 0 Å². The number of hydrogen-bond donors (Lipinski definition) is 2. The Bertz CT molecular complexity index is 304. The van der Waals surface area contributed by atoms with Gasteiger partial charge in [-0.3, -0.25) is 4.99 Å². The fourth-order valence-corrected chi connectivity index (χ4v) is 1.80. The molecule has 0 aliphatic heterocycles. The molecule has 1 fully saturated rings. The van der Waals surface area contributed by atoms with Crippen LogP contribution in [0.15, 0.2) is 4.99 Å². The van der Waals surface area contributed by atoms with E-state index < -0.39 is 11.6 Å². The fraction of sp³-hybridized carbons (Fsp3) is 0.909. The van der Waals surface area contributed by atoms with Crippen molar-refractivity contribution < 1.29 is 13.2 Å². The van der Waals surface area contributed by atoms with Gasteiger partial charge in [0.15, 0.2) is 5.96 Å². The van der Waals surface area contributed by atoms with Crippen molar-refractivity contribution in [3.05, 3.63) is 0 Å². The second-order valence-electron chi connectivity index (χ2n) is 5.71. The lowest BCUT2D eigenvalue weighted by Crippen LogP contribution is -2.49. The molecule has 108 valence electrons. The van der Waals surface area contributed by atoms with E-state index in [9.17, 15) is 13.2 Å². The molecule has 1 aliphatic carbocycles. The highest BCUT2D eigenvalue weighted by molar-refractivity contribution is 14.0. The Morgan fingerprint density at radius 2 is 1.78 bits per heavy atom. The Hall–Kier alpha value is -0.210. The van der Waals surface area contributed by atoms with Gasteiger partial charge < -0.3 is 11.1 Å². The number of aliphatic imine (C=N–C) groups is 1. The average Bonchev–Trinajstić information content (AvgIpc) is 1.94. The van der Waals surface area contributed by atoms with Gasteiger partial charge >= 0.3 is 6.18 Å². The Morgan fingerprint density at radius 3 is 2.06 bits per heavy atom. The zero-order valence-electron chi connectivity index (χ0n) is 10.9. The minimum atomic E-state index is -4.18. The van der Waals surface area contributed by atoms with Crippen LogP contribution in [0.4, 0.5) is 13.2 Å². The number of nitrogens with two attached hydrogens (primary N) is 1. The topological polar surface area (TPSA) is 50.4 Å². The minimum Gasteiger partial charge on any atom is -0.370 e. The molecule has 0 radical (unpaired) electrons. The van der Waals surface area contributed by atoms with Gasteiger partial charge in [0.25, 0.3) is 0 Å². The van der Waals surface area contributed by atoms with Crippen LogP contribution in [0.3, 0.4) is 0 Å². The van der Waals surface area contributed by atoms with Crippen LogP contribution in [0.5, 0.6) is 0 Å². The van der Waals surface area contributed by atoms with Crippen molar-refractivity contribution in [3.8, 4) is 0 Å². The summed E-state index contributed by atoms with van der Waals surface area (Å²) >= 11 is 0. The summed E-state index contributed by atoms with van der Waals surface area (Å²) in [4.78, 5) is 3.83. The number of nitrogens with zero attached hydrogens (tertiary/aromatic N) is 1. The fourth-order valence-electron chi connectivity index (χ4n) is 1.80. The van der Waals surface area contributed by atoms with Gasteiger partial charge in [-0.2, -0.15) is 13.2 Å². The predicted molar refractivity (Wildman–Crippen MR) is 77.1 cm³/mol. The first-order chi connectivity index (χ1) is 7.56. The molecule has 0 bridgehead atoms. The van der Waals surface area contributed by atoms with Crippen LogP contribution in [-0.4, -0.2) is 24.2 Å². The first kappa shape index (κ1) is 17.8. The largest absolute Gasteiger partial charge is 0.396 e. The molecule has 0 atom stereocenters. The van der Waals surface area contributed by atoms with Gasteiger partial charge in [0.2, 0.25) is 0 Å². The van der Waals surface area contributed by atoms with Gasteiger partial charge in [-0.15, -0.1) is 24.0 Å². The van der Waals surface area contributed by atoms with Crippen molar-refractivity contribution in [2.45, 2.75) is 51.7 Å². The summed E-state index contributed by atoms with van der Waals surface area (Å²) in [5.74, 6) is 0.0769. The van der Waals surface area contributed by atoms with Gasteiger partial charge in [0.05, 0.1) is 12.0 Å². The molecule has 3 N–H and O–H groups in total. The molecule has 0 spiro atoms. The van der Waals surface area contributed by atoms with E-state index in [4.69, 9.17) is 5.73 Å². The van der Waals surface area contributed by atoms with Crippen molar-refractivity contribution in [3.63, 3.8) is 0 Å². The summed E-state index contributed by atoms with van der Waals surface area (Å²) in [7, 11) is 0. The number of guanidine groups is 1. The molecule has 0 aromatic rings. The summed E-state index contributed by atoms with van der Waals surface area (Å²) in [5, 5.41) is 2.85. The van der Waals surface area contributed by atoms with Gasteiger partial charge in [-0.1, -0.05) is 6.42 Å². The van der Waals surface area contributed by atoms with Crippen molar-refractivity contribution in [1.29, 1.82) is 0 Å². The van der Waals surface area contributed by atoms with Crippen molar-refractivity contribution in [2.24, 2.45) is 16.1 Å². The standard InChI is InChI=1S/C11H20F3N3.HI/c1-9(2,3)17-8(15)16-7-10(5-4-6-10)11(12,13)14;/h4-7H2,1-3H3,(H3,15,16,17);1H. The zero-order chi connectivity index (χ0) is 13.3. The number of alkyl halides is 3. The highest BCUT2D eigenvalue weighted by Gasteiger charge is 2.58.